The fourth-order valence-corrected chi connectivity index (χ4v) is 1.89. The largest absolute Gasteiger partial charge is 0.362 e. The van der Waals surface area contributed by atoms with Crippen molar-refractivity contribution in [1.82, 2.24) is 5.32 Å². The second-order valence-electron chi connectivity index (χ2n) is 5.64. The number of anilines is 1. The molecule has 3 N–H and O–H groups in total. The SMILES string of the molecule is CC(C)C(C)NC(=O)CN(CCCN)c1cccc(F)c1. The lowest BCUT2D eigenvalue weighted by atomic mass is 10.1. The number of nitrogens with zero attached hydrogens (tertiary/aromatic N) is 1. The van der Waals surface area contributed by atoms with Gasteiger partial charge in [-0.15, -0.1) is 0 Å². The molecule has 0 bridgehead atoms. The van der Waals surface area contributed by atoms with Gasteiger partial charge in [0.15, 0.2) is 0 Å². The molecule has 21 heavy (non-hydrogen) atoms. The summed E-state index contributed by atoms with van der Waals surface area (Å²) in [5.74, 6) is 0.0132. The minimum Gasteiger partial charge on any atom is -0.362 e. The van der Waals surface area contributed by atoms with Crippen molar-refractivity contribution in [1.29, 1.82) is 0 Å². The van der Waals surface area contributed by atoms with Crippen LogP contribution in [0.2, 0.25) is 0 Å². The third-order valence-electron chi connectivity index (χ3n) is 3.53. The fourth-order valence-electron chi connectivity index (χ4n) is 1.89. The van der Waals surface area contributed by atoms with Crippen molar-refractivity contribution in [3.63, 3.8) is 0 Å². The van der Waals surface area contributed by atoms with Crippen LogP contribution in [0.15, 0.2) is 24.3 Å². The van der Waals surface area contributed by atoms with E-state index in [4.69, 9.17) is 5.73 Å². The van der Waals surface area contributed by atoms with Crippen LogP contribution in [0.25, 0.3) is 0 Å². The Morgan fingerprint density at radius 2 is 2.10 bits per heavy atom. The van der Waals surface area contributed by atoms with Crippen LogP contribution in [-0.4, -0.2) is 31.6 Å². The second-order valence-corrected chi connectivity index (χ2v) is 5.64. The highest BCUT2D eigenvalue weighted by Crippen LogP contribution is 2.15. The van der Waals surface area contributed by atoms with Crippen LogP contribution in [0.3, 0.4) is 0 Å². The average Bonchev–Trinajstić information content (AvgIpc) is 2.43. The monoisotopic (exact) mass is 295 g/mol. The van der Waals surface area contributed by atoms with Gasteiger partial charge in [-0.1, -0.05) is 19.9 Å². The summed E-state index contributed by atoms with van der Waals surface area (Å²) in [7, 11) is 0. The van der Waals surface area contributed by atoms with Crippen molar-refractivity contribution in [2.45, 2.75) is 33.2 Å². The van der Waals surface area contributed by atoms with Gasteiger partial charge in [-0.05, 0) is 44.0 Å². The topological polar surface area (TPSA) is 58.4 Å². The zero-order valence-electron chi connectivity index (χ0n) is 13.1. The van der Waals surface area contributed by atoms with E-state index in [1.807, 2.05) is 11.8 Å². The Labute approximate surface area is 126 Å². The summed E-state index contributed by atoms with van der Waals surface area (Å²) in [6, 6.07) is 6.40. The first-order chi connectivity index (χ1) is 9.93. The molecule has 4 nitrogen and oxygen atoms in total. The highest BCUT2D eigenvalue weighted by molar-refractivity contribution is 5.81. The Bertz CT molecular complexity index is 451. The number of hydrogen-bond donors (Lipinski definition) is 2. The molecule has 0 radical (unpaired) electrons. The number of carbonyl (C=O) groups is 1. The first kappa shape index (κ1) is 17.4. The Kier molecular flexibility index (Phi) is 7.15. The first-order valence-corrected chi connectivity index (χ1v) is 7.44. The third-order valence-corrected chi connectivity index (χ3v) is 3.53. The molecule has 1 rings (SSSR count). The van der Waals surface area contributed by atoms with Crippen LogP contribution in [0.1, 0.15) is 27.2 Å². The van der Waals surface area contributed by atoms with Gasteiger partial charge in [0.25, 0.3) is 0 Å². The van der Waals surface area contributed by atoms with E-state index in [1.165, 1.54) is 12.1 Å². The Balaban J connectivity index is 2.72. The fraction of sp³-hybridized carbons (Fsp3) is 0.562. The van der Waals surface area contributed by atoms with Gasteiger partial charge in [0.2, 0.25) is 5.91 Å². The van der Waals surface area contributed by atoms with Gasteiger partial charge in [-0.25, -0.2) is 4.39 Å². The normalized spacial score (nSPS) is 12.3. The van der Waals surface area contributed by atoms with Crippen LogP contribution < -0.4 is 16.0 Å². The molecule has 118 valence electrons. The van der Waals surface area contributed by atoms with Crippen LogP contribution in [0.4, 0.5) is 10.1 Å². The number of rotatable bonds is 8. The highest BCUT2D eigenvalue weighted by Gasteiger charge is 2.15. The van der Waals surface area contributed by atoms with E-state index in [9.17, 15) is 9.18 Å². The third kappa shape index (κ3) is 6.12. The van der Waals surface area contributed by atoms with Crippen molar-refractivity contribution in [2.24, 2.45) is 11.7 Å². The summed E-state index contributed by atoms with van der Waals surface area (Å²) in [6.07, 6.45) is 0.753. The van der Waals surface area contributed by atoms with E-state index in [2.05, 4.69) is 19.2 Å². The van der Waals surface area contributed by atoms with E-state index in [0.29, 0.717) is 24.7 Å². The summed E-state index contributed by atoms with van der Waals surface area (Å²) in [6.45, 7) is 7.47. The van der Waals surface area contributed by atoms with Crippen molar-refractivity contribution in [3.8, 4) is 0 Å². The quantitative estimate of drug-likeness (QED) is 0.772. The summed E-state index contributed by atoms with van der Waals surface area (Å²) in [5.41, 5.74) is 6.24. The highest BCUT2D eigenvalue weighted by atomic mass is 19.1. The average molecular weight is 295 g/mol. The molecular weight excluding hydrogens is 269 g/mol. The maximum absolute atomic E-state index is 13.4. The van der Waals surface area contributed by atoms with Crippen LogP contribution >= 0.6 is 0 Å². The molecule has 1 aromatic carbocycles. The molecule has 0 aliphatic heterocycles. The molecule has 1 unspecified atom stereocenters. The lowest BCUT2D eigenvalue weighted by Crippen LogP contribution is -2.43. The van der Waals surface area contributed by atoms with E-state index in [1.54, 1.807) is 12.1 Å². The van der Waals surface area contributed by atoms with E-state index in [-0.39, 0.29) is 24.3 Å². The molecule has 5 heteroatoms. The predicted molar refractivity (Wildman–Crippen MR) is 84.7 cm³/mol. The van der Waals surface area contributed by atoms with Gasteiger partial charge in [0, 0.05) is 18.3 Å². The van der Waals surface area contributed by atoms with Crippen molar-refractivity contribution in [3.05, 3.63) is 30.1 Å². The molecule has 1 aromatic rings. The Morgan fingerprint density at radius 3 is 2.67 bits per heavy atom. The number of halogens is 1. The molecule has 0 saturated carbocycles. The van der Waals surface area contributed by atoms with Crippen molar-refractivity contribution >= 4 is 11.6 Å². The van der Waals surface area contributed by atoms with E-state index < -0.39 is 0 Å². The Morgan fingerprint density at radius 1 is 1.38 bits per heavy atom. The zero-order chi connectivity index (χ0) is 15.8. The molecule has 0 saturated heterocycles. The molecule has 0 spiro atoms. The molecule has 1 atom stereocenters. The number of nitrogens with two attached hydrogens (primary N) is 1. The van der Waals surface area contributed by atoms with Crippen molar-refractivity contribution in [2.75, 3.05) is 24.5 Å². The zero-order valence-corrected chi connectivity index (χ0v) is 13.1. The lowest BCUT2D eigenvalue weighted by molar-refractivity contribution is -0.120. The van der Waals surface area contributed by atoms with E-state index >= 15 is 0 Å². The van der Waals surface area contributed by atoms with Gasteiger partial charge >= 0.3 is 0 Å². The van der Waals surface area contributed by atoms with Gasteiger partial charge in [-0.3, -0.25) is 4.79 Å². The summed E-state index contributed by atoms with van der Waals surface area (Å²) >= 11 is 0. The van der Waals surface area contributed by atoms with Gasteiger partial charge in [0.05, 0.1) is 6.54 Å². The number of amides is 1. The van der Waals surface area contributed by atoms with Crippen LogP contribution in [0, 0.1) is 11.7 Å². The van der Waals surface area contributed by atoms with E-state index in [0.717, 1.165) is 6.42 Å². The molecule has 0 heterocycles. The van der Waals surface area contributed by atoms with Crippen LogP contribution in [-0.2, 0) is 4.79 Å². The number of nitrogens with one attached hydrogen (secondary N) is 1. The van der Waals surface area contributed by atoms with Crippen LogP contribution in [0.5, 0.6) is 0 Å². The summed E-state index contributed by atoms with van der Waals surface area (Å²) in [5, 5.41) is 2.96. The van der Waals surface area contributed by atoms with Crippen molar-refractivity contribution < 1.29 is 9.18 Å². The predicted octanol–water partition coefficient (Wildman–Crippen LogP) is 2.14. The summed E-state index contributed by atoms with van der Waals surface area (Å²) < 4.78 is 13.4. The minimum atomic E-state index is -0.304. The molecule has 0 aromatic heterocycles. The maximum Gasteiger partial charge on any atom is 0.239 e. The molecule has 0 fully saturated rings. The number of hydrogen-bond acceptors (Lipinski definition) is 3. The van der Waals surface area contributed by atoms with Gasteiger partial charge in [0.1, 0.15) is 5.82 Å². The minimum absolute atomic E-state index is 0.0579. The first-order valence-electron chi connectivity index (χ1n) is 7.44. The molecule has 0 aliphatic carbocycles. The molecular formula is C16H26FN3O. The number of carbonyl (C=O) groups excluding carboxylic acids is 1. The molecule has 0 aliphatic rings. The maximum atomic E-state index is 13.4. The smallest absolute Gasteiger partial charge is 0.239 e. The second kappa shape index (κ2) is 8.62. The van der Waals surface area contributed by atoms with Gasteiger partial charge < -0.3 is 16.0 Å². The number of benzene rings is 1. The standard InChI is InChI=1S/C16H26FN3O/c1-12(2)13(3)19-16(21)11-20(9-5-8-18)15-7-4-6-14(17)10-15/h4,6-7,10,12-13H,5,8-9,11,18H2,1-3H3,(H,19,21). The molecule has 1 amide bonds. The lowest BCUT2D eigenvalue weighted by Gasteiger charge is -2.26. The Hall–Kier alpha value is -1.62. The summed E-state index contributed by atoms with van der Waals surface area (Å²) in [4.78, 5) is 14.0. The van der Waals surface area contributed by atoms with Gasteiger partial charge in [-0.2, -0.15) is 0 Å².